The molecule has 1 aromatic heterocycles. The summed E-state index contributed by atoms with van der Waals surface area (Å²) in [5.41, 5.74) is 0.950. The van der Waals surface area contributed by atoms with E-state index in [1.54, 1.807) is 19.2 Å². The summed E-state index contributed by atoms with van der Waals surface area (Å²) in [5, 5.41) is 6.47. The Balaban J connectivity index is 2.44. The Hall–Kier alpha value is -2.26. The van der Waals surface area contributed by atoms with Gasteiger partial charge < -0.3 is 4.74 Å². The fourth-order valence-electron chi connectivity index (χ4n) is 1.77. The van der Waals surface area contributed by atoms with Crippen molar-refractivity contribution in [2.45, 2.75) is 0 Å². The molecule has 0 aliphatic heterocycles. The van der Waals surface area contributed by atoms with Gasteiger partial charge in [-0.3, -0.25) is 14.8 Å². The van der Waals surface area contributed by atoms with E-state index in [0.29, 0.717) is 21.6 Å². The van der Waals surface area contributed by atoms with Gasteiger partial charge >= 0.3 is 0 Å². The molecule has 5 nitrogen and oxygen atoms in total. The summed E-state index contributed by atoms with van der Waals surface area (Å²) in [6.07, 6.45) is 6.88. The third kappa shape index (κ3) is 2.68. The number of amides is 1. The molecule has 1 N–H and O–H groups in total. The molecule has 0 fully saturated rings. The third-order valence-corrected chi connectivity index (χ3v) is 3.28. The fraction of sp³-hybridized carbons (Fsp3) is 0.143. The SMILES string of the molecule is C#CCN(C(=O)c1[nH]ncc1Br)c1ccccc1OC. The minimum absolute atomic E-state index is 0.130. The number of halogens is 1. The lowest BCUT2D eigenvalue weighted by atomic mass is 10.2. The number of ether oxygens (including phenoxy) is 1. The van der Waals surface area contributed by atoms with Crippen molar-refractivity contribution in [1.82, 2.24) is 10.2 Å². The molecule has 2 rings (SSSR count). The number of terminal acetylenes is 1. The summed E-state index contributed by atoms with van der Waals surface area (Å²) >= 11 is 3.27. The van der Waals surface area contributed by atoms with Gasteiger partial charge in [0.15, 0.2) is 0 Å². The third-order valence-electron chi connectivity index (χ3n) is 2.68. The van der Waals surface area contributed by atoms with E-state index in [1.165, 1.54) is 11.1 Å². The summed E-state index contributed by atoms with van der Waals surface area (Å²) in [6, 6.07) is 7.19. The monoisotopic (exact) mass is 333 g/mol. The van der Waals surface area contributed by atoms with Crippen LogP contribution in [0.2, 0.25) is 0 Å². The fourth-order valence-corrected chi connectivity index (χ4v) is 2.13. The molecule has 1 heterocycles. The molecule has 102 valence electrons. The van der Waals surface area contributed by atoms with Gasteiger partial charge in [-0.05, 0) is 28.1 Å². The van der Waals surface area contributed by atoms with E-state index < -0.39 is 0 Å². The molecular weight excluding hydrogens is 322 g/mol. The maximum Gasteiger partial charge on any atom is 0.278 e. The Morgan fingerprint density at radius 2 is 2.30 bits per heavy atom. The molecule has 2 aromatic rings. The van der Waals surface area contributed by atoms with Gasteiger partial charge in [-0.1, -0.05) is 18.1 Å². The summed E-state index contributed by atoms with van der Waals surface area (Å²) in [4.78, 5) is 14.0. The van der Waals surface area contributed by atoms with Crippen LogP contribution in [-0.4, -0.2) is 29.8 Å². The van der Waals surface area contributed by atoms with Crippen LogP contribution >= 0.6 is 15.9 Å². The van der Waals surface area contributed by atoms with Gasteiger partial charge in [0.05, 0.1) is 30.0 Å². The highest BCUT2D eigenvalue weighted by Gasteiger charge is 2.23. The van der Waals surface area contributed by atoms with E-state index in [2.05, 4.69) is 32.0 Å². The zero-order valence-electron chi connectivity index (χ0n) is 10.8. The Morgan fingerprint density at radius 1 is 1.55 bits per heavy atom. The molecule has 1 aromatic carbocycles. The molecule has 0 bridgehead atoms. The molecule has 20 heavy (non-hydrogen) atoms. The summed E-state index contributed by atoms with van der Waals surface area (Å²) in [5.74, 6) is 2.77. The van der Waals surface area contributed by atoms with Crippen LogP contribution in [0.25, 0.3) is 0 Å². The average molecular weight is 334 g/mol. The van der Waals surface area contributed by atoms with E-state index in [-0.39, 0.29) is 12.5 Å². The number of hydrogen-bond donors (Lipinski definition) is 1. The molecule has 0 aliphatic rings. The highest BCUT2D eigenvalue weighted by Crippen LogP contribution is 2.29. The minimum atomic E-state index is -0.281. The number of carbonyl (C=O) groups excluding carboxylic acids is 1. The number of carbonyl (C=O) groups is 1. The molecule has 0 spiro atoms. The largest absolute Gasteiger partial charge is 0.495 e. The predicted molar refractivity (Wildman–Crippen MR) is 79.8 cm³/mol. The smallest absolute Gasteiger partial charge is 0.278 e. The second kappa shape index (κ2) is 6.26. The predicted octanol–water partition coefficient (Wildman–Crippen LogP) is 2.46. The number of aromatic amines is 1. The van der Waals surface area contributed by atoms with Gasteiger partial charge in [-0.15, -0.1) is 6.42 Å². The number of rotatable bonds is 4. The lowest BCUT2D eigenvalue weighted by Crippen LogP contribution is -2.32. The Morgan fingerprint density at radius 3 is 2.90 bits per heavy atom. The van der Waals surface area contributed by atoms with Crippen molar-refractivity contribution >= 4 is 27.5 Å². The van der Waals surface area contributed by atoms with E-state index in [4.69, 9.17) is 11.2 Å². The standard InChI is InChI=1S/C14H12BrN3O2/c1-3-8-18(11-6-4-5-7-12(11)20-2)14(19)13-10(15)9-16-17-13/h1,4-7,9H,8H2,2H3,(H,16,17). The molecule has 0 unspecified atom stereocenters. The number of anilines is 1. The van der Waals surface area contributed by atoms with Crippen molar-refractivity contribution < 1.29 is 9.53 Å². The van der Waals surface area contributed by atoms with Gasteiger partial charge in [-0.25, -0.2) is 0 Å². The molecule has 0 aliphatic carbocycles. The normalized spacial score (nSPS) is 9.85. The lowest BCUT2D eigenvalue weighted by molar-refractivity contribution is 0.0984. The molecule has 0 radical (unpaired) electrons. The number of methoxy groups -OCH3 is 1. The van der Waals surface area contributed by atoms with Crippen molar-refractivity contribution in [3.05, 3.63) is 40.6 Å². The van der Waals surface area contributed by atoms with Crippen LogP contribution in [0.1, 0.15) is 10.5 Å². The Kier molecular flexibility index (Phi) is 4.43. The first-order chi connectivity index (χ1) is 9.69. The number of nitrogens with one attached hydrogen (secondary N) is 1. The van der Waals surface area contributed by atoms with Crippen LogP contribution < -0.4 is 9.64 Å². The molecule has 6 heteroatoms. The zero-order chi connectivity index (χ0) is 14.5. The average Bonchev–Trinajstić information content (AvgIpc) is 2.90. The van der Waals surface area contributed by atoms with Gasteiger partial charge in [0.1, 0.15) is 11.4 Å². The number of aromatic nitrogens is 2. The number of hydrogen-bond acceptors (Lipinski definition) is 3. The summed E-state index contributed by atoms with van der Waals surface area (Å²) < 4.78 is 5.85. The van der Waals surface area contributed by atoms with Crippen LogP contribution in [0.4, 0.5) is 5.69 Å². The van der Waals surface area contributed by atoms with Crippen molar-refractivity contribution in [1.29, 1.82) is 0 Å². The van der Waals surface area contributed by atoms with Crippen LogP contribution in [0.5, 0.6) is 5.75 Å². The summed E-state index contributed by atoms with van der Waals surface area (Å²) in [7, 11) is 1.55. The molecule has 0 saturated carbocycles. The van der Waals surface area contributed by atoms with Crippen LogP contribution in [0, 0.1) is 12.3 Å². The first-order valence-electron chi connectivity index (χ1n) is 5.76. The quantitative estimate of drug-likeness (QED) is 0.874. The highest BCUT2D eigenvalue weighted by molar-refractivity contribution is 9.10. The van der Waals surface area contributed by atoms with Gasteiger partial charge in [-0.2, -0.15) is 5.10 Å². The number of benzene rings is 1. The van der Waals surface area contributed by atoms with Crippen LogP contribution in [-0.2, 0) is 0 Å². The minimum Gasteiger partial charge on any atom is -0.495 e. The van der Waals surface area contributed by atoms with Crippen LogP contribution in [0.3, 0.4) is 0 Å². The zero-order valence-corrected chi connectivity index (χ0v) is 12.3. The lowest BCUT2D eigenvalue weighted by Gasteiger charge is -2.22. The molecule has 0 saturated heterocycles. The first kappa shape index (κ1) is 14.2. The molecular formula is C14H12BrN3O2. The second-order valence-corrected chi connectivity index (χ2v) is 4.71. The maximum atomic E-state index is 12.6. The van der Waals surface area contributed by atoms with Gasteiger partial charge in [0.2, 0.25) is 0 Å². The molecule has 0 atom stereocenters. The van der Waals surface area contributed by atoms with Crippen molar-refractivity contribution in [3.8, 4) is 18.1 Å². The van der Waals surface area contributed by atoms with Gasteiger partial charge in [0.25, 0.3) is 5.91 Å². The topological polar surface area (TPSA) is 58.2 Å². The van der Waals surface area contributed by atoms with E-state index in [1.807, 2.05) is 12.1 Å². The maximum absolute atomic E-state index is 12.6. The highest BCUT2D eigenvalue weighted by atomic mass is 79.9. The van der Waals surface area contributed by atoms with E-state index >= 15 is 0 Å². The molecule has 1 amide bonds. The first-order valence-corrected chi connectivity index (χ1v) is 6.55. The summed E-state index contributed by atoms with van der Waals surface area (Å²) in [6.45, 7) is 0.130. The van der Waals surface area contributed by atoms with Crippen LogP contribution in [0.15, 0.2) is 34.9 Å². The Labute approximate surface area is 125 Å². The second-order valence-electron chi connectivity index (χ2n) is 3.86. The van der Waals surface area contributed by atoms with E-state index in [9.17, 15) is 4.79 Å². The Bertz CT molecular complexity index is 660. The van der Waals surface area contributed by atoms with Crippen molar-refractivity contribution in [2.24, 2.45) is 0 Å². The number of nitrogens with zero attached hydrogens (tertiary/aromatic N) is 2. The van der Waals surface area contributed by atoms with Gasteiger partial charge in [0, 0.05) is 0 Å². The number of H-pyrrole nitrogens is 1. The van der Waals surface area contributed by atoms with Crippen molar-refractivity contribution in [2.75, 3.05) is 18.6 Å². The van der Waals surface area contributed by atoms with Crippen molar-refractivity contribution in [3.63, 3.8) is 0 Å². The van der Waals surface area contributed by atoms with E-state index in [0.717, 1.165) is 0 Å². The number of para-hydroxylation sites is 2.